The molecule has 2 atom stereocenters. The molecule has 0 aromatic carbocycles. The Bertz CT molecular complexity index is 734. The summed E-state index contributed by atoms with van der Waals surface area (Å²) in [5, 5.41) is 0. The summed E-state index contributed by atoms with van der Waals surface area (Å²) in [7, 11) is -8.69. The highest BCUT2D eigenvalue weighted by molar-refractivity contribution is 7.90. The predicted molar refractivity (Wildman–Crippen MR) is 69.1 cm³/mol. The Labute approximate surface area is 111 Å². The third-order valence-electron chi connectivity index (χ3n) is 2.99. The molecule has 0 radical (unpaired) electrons. The van der Waals surface area contributed by atoms with Crippen molar-refractivity contribution >= 4 is 20.2 Å². The Kier molecular flexibility index (Phi) is 3.29. The van der Waals surface area contributed by atoms with Crippen molar-refractivity contribution in [3.63, 3.8) is 0 Å². The molecule has 2 unspecified atom stereocenters. The minimum atomic E-state index is -4.35. The number of fused-ring (bicyclic) bond motifs is 1. The Morgan fingerprint density at radius 3 is 2.21 bits per heavy atom. The maximum absolute atomic E-state index is 11.3. The summed E-state index contributed by atoms with van der Waals surface area (Å²) in [6.45, 7) is 1.64. The Morgan fingerprint density at radius 1 is 1.05 bits per heavy atom. The zero-order valence-corrected chi connectivity index (χ0v) is 11.5. The summed E-state index contributed by atoms with van der Waals surface area (Å²) in [6, 6.07) is 0. The van der Waals surface area contributed by atoms with Gasteiger partial charge >= 0.3 is 0 Å². The van der Waals surface area contributed by atoms with E-state index in [9.17, 15) is 21.4 Å². The fourth-order valence-electron chi connectivity index (χ4n) is 2.20. The third kappa shape index (κ3) is 2.86. The van der Waals surface area contributed by atoms with Crippen LogP contribution in [0, 0.1) is 11.8 Å². The number of hydrogen-bond acceptors (Lipinski definition) is 4. The van der Waals surface area contributed by atoms with E-state index in [0.29, 0.717) is 5.57 Å². The van der Waals surface area contributed by atoms with Crippen LogP contribution < -0.4 is 0 Å². The molecule has 8 heteroatoms. The second-order valence-electron chi connectivity index (χ2n) is 4.44. The summed E-state index contributed by atoms with van der Waals surface area (Å²) < 4.78 is 62.9. The predicted octanol–water partition coefficient (Wildman–Crippen LogP) is 1.29. The summed E-state index contributed by atoms with van der Waals surface area (Å²) in [4.78, 5) is -0.464. The van der Waals surface area contributed by atoms with Crippen LogP contribution in [0.4, 0.5) is 0 Å². The molecule has 0 amide bonds. The second kappa shape index (κ2) is 4.41. The smallest absolute Gasteiger partial charge is 0.282 e. The van der Waals surface area contributed by atoms with Gasteiger partial charge in [0.05, 0.1) is 9.81 Å². The van der Waals surface area contributed by atoms with E-state index in [1.54, 1.807) is 13.0 Å². The molecular weight excluding hydrogens is 292 g/mol. The van der Waals surface area contributed by atoms with E-state index < -0.39 is 32.1 Å². The lowest BCUT2D eigenvalue weighted by molar-refractivity contribution is 0.479. The lowest BCUT2D eigenvalue weighted by atomic mass is 9.83. The van der Waals surface area contributed by atoms with Gasteiger partial charge in [0.15, 0.2) is 0 Å². The van der Waals surface area contributed by atoms with Gasteiger partial charge in [-0.05, 0) is 19.1 Å². The van der Waals surface area contributed by atoms with E-state index in [4.69, 9.17) is 4.55 Å². The van der Waals surface area contributed by atoms with Gasteiger partial charge in [0.2, 0.25) is 0 Å². The van der Waals surface area contributed by atoms with Gasteiger partial charge < -0.3 is 0 Å². The van der Waals surface area contributed by atoms with Crippen LogP contribution >= 0.6 is 0 Å². The highest BCUT2D eigenvalue weighted by Gasteiger charge is 2.33. The molecule has 0 bridgehead atoms. The van der Waals surface area contributed by atoms with Crippen LogP contribution in [0.1, 0.15) is 6.92 Å². The zero-order valence-electron chi connectivity index (χ0n) is 9.89. The SMILES string of the molecule is CC1=CC2C=C(S(=O)(=O)O)C=CC2C(S(=O)(=O)O)=C1. The zero-order chi connectivity index (χ0) is 14.4. The standard InChI is InChI=1S/C11H12O6S2/c1-7-4-8-6-9(18(12,13)14)2-3-10(8)11(5-7)19(15,16)17/h2-6,8,10H,1H3,(H,12,13,14)(H,15,16,17). The molecule has 2 N–H and O–H groups in total. The topological polar surface area (TPSA) is 109 Å². The minimum Gasteiger partial charge on any atom is -0.282 e. The first-order valence-corrected chi connectivity index (χ1v) is 8.22. The number of hydrogen-bond donors (Lipinski definition) is 2. The number of allylic oxidation sites excluding steroid dienone is 7. The van der Waals surface area contributed by atoms with Crippen molar-refractivity contribution in [2.75, 3.05) is 0 Å². The molecule has 0 fully saturated rings. The minimum absolute atomic E-state index is 0.181. The van der Waals surface area contributed by atoms with E-state index in [1.807, 2.05) is 0 Å². The lowest BCUT2D eigenvalue weighted by Crippen LogP contribution is -2.23. The van der Waals surface area contributed by atoms with Crippen molar-refractivity contribution in [1.29, 1.82) is 0 Å². The van der Waals surface area contributed by atoms with E-state index in [0.717, 1.165) is 6.08 Å². The van der Waals surface area contributed by atoms with E-state index in [-0.39, 0.29) is 9.81 Å². The van der Waals surface area contributed by atoms with E-state index in [2.05, 4.69) is 0 Å². The molecule has 0 aromatic heterocycles. The van der Waals surface area contributed by atoms with Gasteiger partial charge in [0.1, 0.15) is 0 Å². The summed E-state index contributed by atoms with van der Waals surface area (Å²) >= 11 is 0. The van der Waals surface area contributed by atoms with Gasteiger partial charge in [0, 0.05) is 11.8 Å². The Balaban J connectivity index is 2.52. The summed E-state index contributed by atoms with van der Waals surface area (Å²) in [5.41, 5.74) is 0.593. The molecule has 0 saturated heterocycles. The van der Waals surface area contributed by atoms with Crippen LogP contribution in [0.25, 0.3) is 0 Å². The first-order valence-electron chi connectivity index (χ1n) is 5.34. The molecular formula is C11H12O6S2. The highest BCUT2D eigenvalue weighted by Crippen LogP contribution is 2.37. The number of rotatable bonds is 2. The highest BCUT2D eigenvalue weighted by atomic mass is 32.2. The molecule has 0 aromatic rings. The largest absolute Gasteiger partial charge is 0.294 e. The van der Waals surface area contributed by atoms with Gasteiger partial charge in [-0.3, -0.25) is 9.11 Å². The van der Waals surface area contributed by atoms with E-state index in [1.165, 1.54) is 18.2 Å². The lowest BCUT2D eigenvalue weighted by Gasteiger charge is -2.27. The average molecular weight is 304 g/mol. The van der Waals surface area contributed by atoms with Gasteiger partial charge in [-0.2, -0.15) is 16.8 Å². The molecule has 6 nitrogen and oxygen atoms in total. The van der Waals surface area contributed by atoms with Crippen LogP contribution in [0.2, 0.25) is 0 Å². The first kappa shape index (κ1) is 14.2. The van der Waals surface area contributed by atoms with Crippen molar-refractivity contribution in [3.05, 3.63) is 45.8 Å². The molecule has 104 valence electrons. The molecule has 0 aliphatic heterocycles. The Hall–Kier alpha value is -1.22. The normalized spacial score (nSPS) is 27.2. The van der Waals surface area contributed by atoms with Crippen molar-refractivity contribution in [2.45, 2.75) is 6.92 Å². The van der Waals surface area contributed by atoms with Crippen LogP contribution in [-0.2, 0) is 20.2 Å². The quantitative estimate of drug-likeness (QED) is 0.744. The Morgan fingerprint density at radius 2 is 1.68 bits per heavy atom. The first-order chi connectivity index (χ1) is 8.59. The third-order valence-corrected chi connectivity index (χ3v) is 4.84. The fraction of sp³-hybridized carbons (Fsp3) is 0.273. The van der Waals surface area contributed by atoms with Crippen LogP contribution in [-0.4, -0.2) is 25.9 Å². The molecule has 0 spiro atoms. The average Bonchev–Trinajstić information content (AvgIpc) is 2.24. The van der Waals surface area contributed by atoms with E-state index >= 15 is 0 Å². The summed E-state index contributed by atoms with van der Waals surface area (Å²) in [6.07, 6.45) is 6.75. The molecule has 2 aliphatic rings. The van der Waals surface area contributed by atoms with Crippen molar-refractivity contribution in [1.82, 2.24) is 0 Å². The molecule has 19 heavy (non-hydrogen) atoms. The van der Waals surface area contributed by atoms with Crippen molar-refractivity contribution < 1.29 is 25.9 Å². The van der Waals surface area contributed by atoms with Crippen LogP contribution in [0.15, 0.2) is 45.8 Å². The fourth-order valence-corrected chi connectivity index (χ4v) is 3.70. The maximum Gasteiger partial charge on any atom is 0.294 e. The van der Waals surface area contributed by atoms with Crippen LogP contribution in [0.3, 0.4) is 0 Å². The van der Waals surface area contributed by atoms with Gasteiger partial charge in [-0.25, -0.2) is 0 Å². The monoisotopic (exact) mass is 304 g/mol. The molecule has 0 heterocycles. The van der Waals surface area contributed by atoms with Crippen LogP contribution in [0.5, 0.6) is 0 Å². The van der Waals surface area contributed by atoms with Gasteiger partial charge in [-0.15, -0.1) is 0 Å². The van der Waals surface area contributed by atoms with Crippen molar-refractivity contribution in [3.8, 4) is 0 Å². The second-order valence-corrected chi connectivity index (χ2v) is 7.28. The van der Waals surface area contributed by atoms with Gasteiger partial charge in [0.25, 0.3) is 20.2 Å². The maximum atomic E-state index is 11.3. The molecule has 2 aliphatic carbocycles. The molecule has 2 rings (SSSR count). The van der Waals surface area contributed by atoms with Crippen molar-refractivity contribution in [2.24, 2.45) is 11.8 Å². The van der Waals surface area contributed by atoms with Gasteiger partial charge in [-0.1, -0.05) is 23.8 Å². The molecule has 0 saturated carbocycles. The summed E-state index contributed by atoms with van der Waals surface area (Å²) in [5.74, 6) is -1.20.